The average molecular weight is 337 g/mol. The third-order valence-electron chi connectivity index (χ3n) is 5.40. The molecule has 0 aromatic heterocycles. The van der Waals surface area contributed by atoms with Crippen molar-refractivity contribution in [1.29, 1.82) is 0 Å². The van der Waals surface area contributed by atoms with Gasteiger partial charge in [-0.2, -0.15) is 0 Å². The molecule has 0 saturated heterocycles. The van der Waals surface area contributed by atoms with Crippen LogP contribution < -0.4 is 5.32 Å². The maximum Gasteiger partial charge on any atom is 0.329 e. The Balaban J connectivity index is 1.67. The van der Waals surface area contributed by atoms with Gasteiger partial charge >= 0.3 is 5.97 Å². The summed E-state index contributed by atoms with van der Waals surface area (Å²) in [7, 11) is 0. The normalized spacial score (nSPS) is 32.2. The Kier molecular flexibility index (Phi) is 4.32. The summed E-state index contributed by atoms with van der Waals surface area (Å²) >= 11 is 0. The van der Waals surface area contributed by atoms with Gasteiger partial charge in [0.15, 0.2) is 11.6 Å². The van der Waals surface area contributed by atoms with E-state index in [0.717, 1.165) is 25.0 Å². The van der Waals surface area contributed by atoms with Gasteiger partial charge in [0.2, 0.25) is 5.91 Å². The highest BCUT2D eigenvalue weighted by Crippen LogP contribution is 2.48. The van der Waals surface area contributed by atoms with Crippen molar-refractivity contribution < 1.29 is 23.5 Å². The first-order chi connectivity index (χ1) is 11.3. The van der Waals surface area contributed by atoms with Crippen molar-refractivity contribution in [3.8, 4) is 0 Å². The number of benzene rings is 1. The highest BCUT2D eigenvalue weighted by atomic mass is 19.2. The average Bonchev–Trinajstić information content (AvgIpc) is 3.33. The molecule has 0 spiro atoms. The Morgan fingerprint density at radius 1 is 1.21 bits per heavy atom. The number of hydrogen-bond acceptors (Lipinski definition) is 2. The van der Waals surface area contributed by atoms with Gasteiger partial charge in [-0.1, -0.05) is 13.0 Å². The van der Waals surface area contributed by atoms with E-state index in [-0.39, 0.29) is 17.7 Å². The quantitative estimate of drug-likeness (QED) is 0.886. The highest BCUT2D eigenvalue weighted by molar-refractivity contribution is 5.90. The van der Waals surface area contributed by atoms with Crippen molar-refractivity contribution in [3.05, 3.63) is 35.4 Å². The van der Waals surface area contributed by atoms with Gasteiger partial charge in [0, 0.05) is 5.92 Å². The summed E-state index contributed by atoms with van der Waals surface area (Å²) in [5.41, 5.74) is -0.610. The Labute approximate surface area is 139 Å². The molecular formula is C18H21F2NO3. The van der Waals surface area contributed by atoms with Crippen molar-refractivity contribution in [2.24, 2.45) is 11.8 Å². The third kappa shape index (κ3) is 3.14. The number of aliphatic carboxylic acids is 1. The summed E-state index contributed by atoms with van der Waals surface area (Å²) in [4.78, 5) is 24.1. The minimum atomic E-state index is -1.19. The van der Waals surface area contributed by atoms with Crippen LogP contribution >= 0.6 is 0 Å². The molecule has 2 saturated carbocycles. The first-order valence-electron chi connectivity index (χ1n) is 8.33. The standard InChI is InChI=1S/C18H21F2NO3/c1-10-4-6-18(7-5-10,17(23)24)21-16(22)13-9-12(13)11-2-3-14(19)15(20)8-11/h2-3,8,10,12-13H,4-7,9H2,1H3,(H,21,22)(H,23,24). The van der Waals surface area contributed by atoms with E-state index in [9.17, 15) is 23.5 Å². The lowest BCUT2D eigenvalue weighted by atomic mass is 9.77. The zero-order valence-electron chi connectivity index (χ0n) is 13.5. The van der Waals surface area contributed by atoms with Gasteiger partial charge in [-0.3, -0.25) is 4.79 Å². The van der Waals surface area contributed by atoms with Crippen molar-refractivity contribution in [2.45, 2.75) is 50.5 Å². The van der Waals surface area contributed by atoms with Crippen LogP contribution in [-0.2, 0) is 9.59 Å². The minimum Gasteiger partial charge on any atom is -0.480 e. The van der Waals surface area contributed by atoms with Crippen molar-refractivity contribution >= 4 is 11.9 Å². The molecule has 6 heteroatoms. The molecule has 2 unspecified atom stereocenters. The van der Waals surface area contributed by atoms with Gasteiger partial charge in [0.05, 0.1) is 0 Å². The summed E-state index contributed by atoms with van der Waals surface area (Å²) < 4.78 is 26.3. The van der Waals surface area contributed by atoms with Gasteiger partial charge in [-0.25, -0.2) is 13.6 Å². The first kappa shape index (κ1) is 16.9. The lowest BCUT2D eigenvalue weighted by Gasteiger charge is -2.36. The van der Waals surface area contributed by atoms with E-state index in [2.05, 4.69) is 12.2 Å². The second kappa shape index (κ2) is 6.15. The van der Waals surface area contributed by atoms with Crippen LogP contribution in [0.5, 0.6) is 0 Å². The van der Waals surface area contributed by atoms with Gasteiger partial charge in [-0.15, -0.1) is 0 Å². The molecule has 3 rings (SSSR count). The molecule has 2 N–H and O–H groups in total. The molecule has 2 atom stereocenters. The molecule has 1 aromatic rings. The third-order valence-corrected chi connectivity index (χ3v) is 5.40. The van der Waals surface area contributed by atoms with Crippen LogP contribution in [0.1, 0.15) is 50.5 Å². The second-order valence-electron chi connectivity index (χ2n) is 7.18. The summed E-state index contributed by atoms with van der Waals surface area (Å²) in [6.07, 6.45) is 2.92. The zero-order valence-corrected chi connectivity index (χ0v) is 13.5. The van der Waals surface area contributed by atoms with Crippen LogP contribution in [0.15, 0.2) is 18.2 Å². The molecule has 0 bridgehead atoms. The maximum absolute atomic E-state index is 13.3. The monoisotopic (exact) mass is 337 g/mol. The van der Waals surface area contributed by atoms with Crippen molar-refractivity contribution in [3.63, 3.8) is 0 Å². The van der Waals surface area contributed by atoms with E-state index >= 15 is 0 Å². The summed E-state index contributed by atoms with van der Waals surface area (Å²) in [5, 5.41) is 12.3. The molecule has 4 nitrogen and oxygen atoms in total. The van der Waals surface area contributed by atoms with Gasteiger partial charge in [-0.05, 0) is 61.6 Å². The van der Waals surface area contributed by atoms with E-state index in [0.29, 0.717) is 30.7 Å². The van der Waals surface area contributed by atoms with Crippen LogP contribution in [0, 0.1) is 23.5 Å². The molecule has 2 aliphatic rings. The molecule has 1 aromatic carbocycles. The number of carboxylic acids is 1. The zero-order chi connectivity index (χ0) is 17.5. The predicted octanol–water partition coefficient (Wildman–Crippen LogP) is 3.22. The van der Waals surface area contributed by atoms with Gasteiger partial charge in [0.25, 0.3) is 0 Å². The molecule has 24 heavy (non-hydrogen) atoms. The van der Waals surface area contributed by atoms with E-state index in [1.807, 2.05) is 0 Å². The van der Waals surface area contributed by atoms with Gasteiger partial charge in [0.1, 0.15) is 5.54 Å². The summed E-state index contributed by atoms with van der Waals surface area (Å²) in [5.74, 6) is -3.22. The van der Waals surface area contributed by atoms with E-state index in [1.165, 1.54) is 6.07 Å². The SMILES string of the molecule is CC1CCC(NC(=O)C2CC2c2ccc(F)c(F)c2)(C(=O)O)CC1. The van der Waals surface area contributed by atoms with E-state index in [1.54, 1.807) is 0 Å². The number of hydrogen-bond donors (Lipinski definition) is 2. The molecular weight excluding hydrogens is 316 g/mol. The Hall–Kier alpha value is -1.98. The topological polar surface area (TPSA) is 66.4 Å². The molecule has 2 aliphatic carbocycles. The number of carboxylic acid groups (broad SMARTS) is 1. The van der Waals surface area contributed by atoms with Crippen molar-refractivity contribution in [1.82, 2.24) is 5.32 Å². The summed E-state index contributed by atoms with van der Waals surface area (Å²) in [6, 6.07) is 3.65. The van der Waals surface area contributed by atoms with Crippen LogP contribution in [-0.4, -0.2) is 22.5 Å². The Morgan fingerprint density at radius 2 is 1.88 bits per heavy atom. The second-order valence-corrected chi connectivity index (χ2v) is 7.18. The lowest BCUT2D eigenvalue weighted by Crippen LogP contribution is -2.56. The number of halogens is 2. The molecule has 0 radical (unpaired) electrons. The number of nitrogens with one attached hydrogen (secondary N) is 1. The number of carbonyl (C=O) groups is 2. The fraction of sp³-hybridized carbons (Fsp3) is 0.556. The smallest absolute Gasteiger partial charge is 0.329 e. The number of amides is 1. The predicted molar refractivity (Wildman–Crippen MR) is 83.3 cm³/mol. The molecule has 0 aliphatic heterocycles. The fourth-order valence-electron chi connectivity index (χ4n) is 3.57. The maximum atomic E-state index is 13.3. The van der Waals surface area contributed by atoms with Crippen LogP contribution in [0.2, 0.25) is 0 Å². The largest absolute Gasteiger partial charge is 0.480 e. The molecule has 2 fully saturated rings. The lowest BCUT2D eigenvalue weighted by molar-refractivity contribution is -0.150. The minimum absolute atomic E-state index is 0.173. The molecule has 130 valence electrons. The van der Waals surface area contributed by atoms with Crippen LogP contribution in [0.4, 0.5) is 8.78 Å². The first-order valence-corrected chi connectivity index (χ1v) is 8.33. The van der Waals surface area contributed by atoms with Crippen LogP contribution in [0.25, 0.3) is 0 Å². The Morgan fingerprint density at radius 3 is 2.46 bits per heavy atom. The summed E-state index contributed by atoms with van der Waals surface area (Å²) in [6.45, 7) is 2.08. The molecule has 0 heterocycles. The molecule has 1 amide bonds. The fourth-order valence-corrected chi connectivity index (χ4v) is 3.57. The van der Waals surface area contributed by atoms with Crippen molar-refractivity contribution in [2.75, 3.05) is 0 Å². The van der Waals surface area contributed by atoms with E-state index in [4.69, 9.17) is 0 Å². The van der Waals surface area contributed by atoms with Gasteiger partial charge < -0.3 is 10.4 Å². The number of rotatable bonds is 4. The highest BCUT2D eigenvalue weighted by Gasteiger charge is 2.49. The Bertz CT molecular complexity index is 668. The number of carbonyl (C=O) groups excluding carboxylic acids is 1. The van der Waals surface area contributed by atoms with Crippen LogP contribution in [0.3, 0.4) is 0 Å². The van der Waals surface area contributed by atoms with E-state index < -0.39 is 23.1 Å².